The van der Waals surface area contributed by atoms with Crippen LogP contribution in [0.25, 0.3) is 11.6 Å². The number of amides is 1. The molecular weight excluding hydrogens is 283 g/mol. The summed E-state index contributed by atoms with van der Waals surface area (Å²) < 4.78 is 43.3. The van der Waals surface area contributed by atoms with E-state index in [1.807, 2.05) is 0 Å². The molecule has 1 amide bonds. The number of hydrogen-bond acceptors (Lipinski definition) is 2. The second-order valence-corrected chi connectivity index (χ2v) is 4.72. The van der Waals surface area contributed by atoms with Crippen molar-refractivity contribution in [3.05, 3.63) is 53.0 Å². The first kappa shape index (κ1) is 13.5. The molecule has 0 unspecified atom stereocenters. The zero-order chi connectivity index (χ0) is 15.2. The minimum absolute atomic E-state index is 0.157. The Morgan fingerprint density at radius 1 is 1.19 bits per heavy atom. The fourth-order valence-electron chi connectivity index (χ4n) is 2.19. The number of furan rings is 1. The highest BCUT2D eigenvalue weighted by atomic mass is 19.4. The van der Waals surface area contributed by atoms with Gasteiger partial charge in [-0.05, 0) is 37.3 Å². The van der Waals surface area contributed by atoms with Gasteiger partial charge < -0.3 is 9.73 Å². The molecule has 1 N–H and O–H groups in total. The van der Waals surface area contributed by atoms with Gasteiger partial charge in [-0.1, -0.05) is 6.07 Å². The summed E-state index contributed by atoms with van der Waals surface area (Å²) in [4.78, 5) is 11.9. The van der Waals surface area contributed by atoms with Crippen LogP contribution in [0, 0.1) is 6.92 Å². The first-order valence-corrected chi connectivity index (χ1v) is 6.16. The first-order valence-electron chi connectivity index (χ1n) is 6.16. The third-order valence-electron chi connectivity index (χ3n) is 3.18. The van der Waals surface area contributed by atoms with E-state index in [9.17, 15) is 18.0 Å². The van der Waals surface area contributed by atoms with E-state index in [0.717, 1.165) is 12.1 Å². The molecule has 1 aromatic heterocycles. The van der Waals surface area contributed by atoms with Gasteiger partial charge in [-0.25, -0.2) is 0 Å². The summed E-state index contributed by atoms with van der Waals surface area (Å²) in [6, 6.07) is 6.62. The quantitative estimate of drug-likeness (QED) is 0.804. The number of nitrogens with one attached hydrogen (secondary N) is 1. The highest BCUT2D eigenvalue weighted by molar-refractivity contribution is 6.34. The zero-order valence-corrected chi connectivity index (χ0v) is 10.9. The number of carbonyl (C=O) groups is 1. The largest absolute Gasteiger partial charge is 0.462 e. The zero-order valence-electron chi connectivity index (χ0n) is 10.9. The number of carbonyl (C=O) groups excluding carboxylic acids is 1. The van der Waals surface area contributed by atoms with Crippen molar-refractivity contribution >= 4 is 23.2 Å². The average molecular weight is 293 g/mol. The smallest absolute Gasteiger partial charge is 0.416 e. The number of rotatable bonds is 1. The van der Waals surface area contributed by atoms with Gasteiger partial charge in [-0.3, -0.25) is 4.79 Å². The van der Waals surface area contributed by atoms with Gasteiger partial charge in [-0.2, -0.15) is 13.2 Å². The van der Waals surface area contributed by atoms with E-state index >= 15 is 0 Å². The molecule has 21 heavy (non-hydrogen) atoms. The Labute approximate surface area is 118 Å². The van der Waals surface area contributed by atoms with Gasteiger partial charge in [0.1, 0.15) is 11.5 Å². The molecule has 1 aliphatic heterocycles. The molecule has 3 rings (SSSR count). The standard InChI is InChI=1S/C15H10F3NO2/c1-8-2-4-10(21-8)7-12-11-5-3-9(15(16,17)18)6-13(11)19-14(12)20/h2-7H,1H3,(H,19,20)/b12-7+. The van der Waals surface area contributed by atoms with Crippen LogP contribution in [0.1, 0.15) is 22.6 Å². The Balaban J connectivity index is 2.05. The topological polar surface area (TPSA) is 42.2 Å². The van der Waals surface area contributed by atoms with Crippen LogP contribution in [0.4, 0.5) is 18.9 Å². The maximum atomic E-state index is 12.7. The van der Waals surface area contributed by atoms with Crippen molar-refractivity contribution in [2.75, 3.05) is 5.32 Å². The van der Waals surface area contributed by atoms with E-state index in [0.29, 0.717) is 17.1 Å². The van der Waals surface area contributed by atoms with E-state index in [2.05, 4.69) is 5.32 Å². The van der Waals surface area contributed by atoms with E-state index in [-0.39, 0.29) is 11.3 Å². The molecule has 3 nitrogen and oxygen atoms in total. The molecule has 2 aromatic rings. The van der Waals surface area contributed by atoms with Gasteiger partial charge in [0, 0.05) is 11.3 Å². The van der Waals surface area contributed by atoms with Crippen LogP contribution in [-0.4, -0.2) is 5.91 Å². The molecule has 0 aliphatic carbocycles. The van der Waals surface area contributed by atoms with Crippen LogP contribution in [0.2, 0.25) is 0 Å². The maximum Gasteiger partial charge on any atom is 0.416 e. The predicted octanol–water partition coefficient (Wildman–Crippen LogP) is 4.10. The van der Waals surface area contributed by atoms with Gasteiger partial charge >= 0.3 is 6.18 Å². The van der Waals surface area contributed by atoms with Crippen LogP contribution in [0.5, 0.6) is 0 Å². The number of fused-ring (bicyclic) bond motifs is 1. The lowest BCUT2D eigenvalue weighted by atomic mass is 10.0. The van der Waals surface area contributed by atoms with E-state index in [1.54, 1.807) is 19.1 Å². The summed E-state index contributed by atoms with van der Waals surface area (Å²) in [5.41, 5.74) is 0.0797. The maximum absolute atomic E-state index is 12.7. The fraction of sp³-hybridized carbons (Fsp3) is 0.133. The SMILES string of the molecule is Cc1ccc(/C=C2/C(=O)Nc3cc(C(F)(F)F)ccc32)o1. The summed E-state index contributed by atoms with van der Waals surface area (Å²) in [6.07, 6.45) is -2.92. The van der Waals surface area contributed by atoms with Crippen molar-refractivity contribution in [2.24, 2.45) is 0 Å². The number of halogens is 3. The van der Waals surface area contributed by atoms with E-state index in [1.165, 1.54) is 12.1 Å². The molecule has 0 atom stereocenters. The minimum Gasteiger partial charge on any atom is -0.462 e. The number of benzene rings is 1. The van der Waals surface area contributed by atoms with E-state index in [4.69, 9.17) is 4.42 Å². The van der Waals surface area contributed by atoms with Crippen molar-refractivity contribution in [3.8, 4) is 0 Å². The summed E-state index contributed by atoms with van der Waals surface area (Å²) in [5.74, 6) is 0.719. The molecule has 1 aromatic carbocycles. The predicted molar refractivity (Wildman–Crippen MR) is 71.4 cm³/mol. The van der Waals surface area contributed by atoms with E-state index < -0.39 is 17.6 Å². The molecule has 0 fully saturated rings. The number of alkyl halides is 3. The van der Waals surface area contributed by atoms with Crippen molar-refractivity contribution in [3.63, 3.8) is 0 Å². The average Bonchev–Trinajstić information content (AvgIpc) is 2.93. The van der Waals surface area contributed by atoms with Gasteiger partial charge in [0.2, 0.25) is 0 Å². The van der Waals surface area contributed by atoms with Gasteiger partial charge in [0.05, 0.1) is 11.1 Å². The van der Waals surface area contributed by atoms with Crippen LogP contribution < -0.4 is 5.32 Å². The highest BCUT2D eigenvalue weighted by Gasteiger charge is 2.33. The lowest BCUT2D eigenvalue weighted by Crippen LogP contribution is -2.06. The summed E-state index contributed by atoms with van der Waals surface area (Å²) >= 11 is 0. The summed E-state index contributed by atoms with van der Waals surface area (Å²) in [7, 11) is 0. The van der Waals surface area contributed by atoms with Gasteiger partial charge in [-0.15, -0.1) is 0 Å². The van der Waals surface area contributed by atoms with Crippen molar-refractivity contribution in [1.29, 1.82) is 0 Å². The summed E-state index contributed by atoms with van der Waals surface area (Å²) in [5, 5.41) is 2.44. The molecule has 108 valence electrons. The Morgan fingerprint density at radius 2 is 1.95 bits per heavy atom. The van der Waals surface area contributed by atoms with Gasteiger partial charge in [0.15, 0.2) is 0 Å². The second kappa shape index (κ2) is 4.51. The van der Waals surface area contributed by atoms with Crippen LogP contribution in [-0.2, 0) is 11.0 Å². The van der Waals surface area contributed by atoms with Crippen LogP contribution in [0.3, 0.4) is 0 Å². The summed E-state index contributed by atoms with van der Waals surface area (Å²) in [6.45, 7) is 1.76. The molecule has 1 aliphatic rings. The Kier molecular flexibility index (Phi) is 2.90. The lowest BCUT2D eigenvalue weighted by Gasteiger charge is -2.07. The fourth-order valence-corrected chi connectivity index (χ4v) is 2.19. The normalized spacial score (nSPS) is 16.2. The minimum atomic E-state index is -4.44. The molecule has 0 saturated heterocycles. The van der Waals surface area contributed by atoms with Crippen LogP contribution in [0.15, 0.2) is 34.7 Å². The van der Waals surface area contributed by atoms with Gasteiger partial charge in [0.25, 0.3) is 5.91 Å². The highest BCUT2D eigenvalue weighted by Crippen LogP contribution is 2.38. The Bertz CT molecular complexity index is 757. The Morgan fingerprint density at radius 3 is 2.57 bits per heavy atom. The molecule has 0 radical (unpaired) electrons. The molecule has 2 heterocycles. The van der Waals surface area contributed by atoms with Crippen molar-refractivity contribution in [2.45, 2.75) is 13.1 Å². The first-order chi connectivity index (χ1) is 9.84. The monoisotopic (exact) mass is 293 g/mol. The molecule has 0 bridgehead atoms. The molecule has 0 saturated carbocycles. The molecule has 6 heteroatoms. The number of aryl methyl sites for hydroxylation is 1. The Hall–Kier alpha value is -2.50. The number of anilines is 1. The lowest BCUT2D eigenvalue weighted by molar-refractivity contribution is -0.137. The van der Waals surface area contributed by atoms with Crippen LogP contribution >= 0.6 is 0 Å². The molecular formula is C15H10F3NO2. The third kappa shape index (κ3) is 2.44. The third-order valence-corrected chi connectivity index (χ3v) is 3.18. The van der Waals surface area contributed by atoms with Crippen molar-refractivity contribution in [1.82, 2.24) is 0 Å². The molecule has 0 spiro atoms. The van der Waals surface area contributed by atoms with Crippen molar-refractivity contribution < 1.29 is 22.4 Å². The number of hydrogen-bond donors (Lipinski definition) is 1. The second-order valence-electron chi connectivity index (χ2n) is 4.72.